The van der Waals surface area contributed by atoms with E-state index in [9.17, 15) is 48.2 Å². The fourth-order valence-corrected chi connectivity index (χ4v) is 9.47. The van der Waals surface area contributed by atoms with Crippen LogP contribution in [0.3, 0.4) is 0 Å². The molecule has 54 heavy (non-hydrogen) atoms. The van der Waals surface area contributed by atoms with E-state index in [1.807, 2.05) is 0 Å². The van der Waals surface area contributed by atoms with Gasteiger partial charge < -0.3 is 55.3 Å². The number of aryl methyl sites for hydroxylation is 1. The minimum Gasteiger partial charge on any atom is -0.387 e. The molecule has 2 fully saturated rings. The number of anilines is 2. The molecule has 298 valence electrons. The van der Waals surface area contributed by atoms with Crippen molar-refractivity contribution in [2.45, 2.75) is 49.1 Å². The summed E-state index contributed by atoms with van der Waals surface area (Å²) in [6.45, 7) is -1.93. The number of methoxy groups -OCH3 is 2. The monoisotopic (exact) mass is 831 g/mol. The molecule has 2 saturated heterocycles. The first-order chi connectivity index (χ1) is 25.2. The first-order valence-corrected chi connectivity index (χ1v) is 19.6. The summed E-state index contributed by atoms with van der Waals surface area (Å²) in [6, 6.07) is 0. The van der Waals surface area contributed by atoms with E-state index in [0.717, 1.165) is 6.33 Å². The number of rotatable bonds is 14. The topological polar surface area (TPSA) is 396 Å². The Labute approximate surface area is 299 Å². The van der Waals surface area contributed by atoms with Gasteiger partial charge in [0.2, 0.25) is 17.7 Å². The van der Waals surface area contributed by atoms with E-state index in [4.69, 9.17) is 39.5 Å². The van der Waals surface area contributed by atoms with Gasteiger partial charge in [0.05, 0.1) is 26.6 Å². The number of aliphatic hydroxyl groups excluding tert-OH is 2. The highest BCUT2D eigenvalue weighted by Crippen LogP contribution is 2.67. The Morgan fingerprint density at radius 3 is 2.09 bits per heavy atom. The number of nitrogens with two attached hydrogens (primary N) is 2. The maximum atomic E-state index is 12.7. The molecule has 2 aliphatic rings. The molecule has 28 nitrogen and oxygen atoms in total. The Balaban J connectivity index is 1.07. The summed E-state index contributed by atoms with van der Waals surface area (Å²) in [6.07, 6.45) is -8.44. The highest BCUT2D eigenvalue weighted by atomic mass is 31.3. The third-order valence-electron chi connectivity index (χ3n) is 8.17. The molecule has 6 rings (SSSR count). The van der Waals surface area contributed by atoms with Gasteiger partial charge in [-0.15, -0.1) is 0 Å². The molecule has 0 bridgehead atoms. The summed E-state index contributed by atoms with van der Waals surface area (Å²) in [5.41, 5.74) is 9.89. The summed E-state index contributed by atoms with van der Waals surface area (Å²) in [5.74, 6) is -0.497. The van der Waals surface area contributed by atoms with E-state index in [2.05, 4.69) is 33.5 Å². The second kappa shape index (κ2) is 14.8. The van der Waals surface area contributed by atoms with Gasteiger partial charge in [-0.1, -0.05) is 4.98 Å². The molecule has 0 aliphatic carbocycles. The lowest BCUT2D eigenvalue weighted by Gasteiger charge is -2.21. The van der Waals surface area contributed by atoms with E-state index in [1.54, 1.807) is 0 Å². The Kier molecular flexibility index (Phi) is 11.0. The van der Waals surface area contributed by atoms with Crippen LogP contribution in [-0.4, -0.2) is 123 Å². The molecule has 0 aromatic carbocycles. The van der Waals surface area contributed by atoms with Crippen molar-refractivity contribution >= 4 is 57.7 Å². The fraction of sp³-hybridized carbons (Fsp3) is 0.565. The van der Waals surface area contributed by atoms with E-state index in [0.29, 0.717) is 0 Å². The molecule has 11 atom stereocenters. The number of hydrogen-bond acceptors (Lipinski definition) is 20. The van der Waals surface area contributed by atoms with Crippen LogP contribution in [0.5, 0.6) is 0 Å². The lowest BCUT2D eigenvalue weighted by molar-refractivity contribution is -0.745. The summed E-state index contributed by atoms with van der Waals surface area (Å²) in [5, 5.41) is 21.7. The van der Waals surface area contributed by atoms with Gasteiger partial charge in [0.25, 0.3) is 17.1 Å². The molecule has 0 spiro atoms. The second-order valence-corrected chi connectivity index (χ2v) is 16.3. The summed E-state index contributed by atoms with van der Waals surface area (Å²) >= 11 is 0. The molecule has 4 aromatic heterocycles. The Bertz CT molecular complexity index is 2320. The van der Waals surface area contributed by atoms with Gasteiger partial charge in [-0.2, -0.15) is 13.6 Å². The zero-order chi connectivity index (χ0) is 39.5. The third-order valence-corrected chi connectivity index (χ3v) is 12.4. The number of phosphoric ester groups is 2. The number of aromatic amines is 2. The van der Waals surface area contributed by atoms with Crippen molar-refractivity contribution in [1.82, 2.24) is 34.1 Å². The van der Waals surface area contributed by atoms with Gasteiger partial charge >= 0.3 is 29.1 Å². The number of aromatic nitrogens is 8. The van der Waals surface area contributed by atoms with Crippen molar-refractivity contribution in [2.24, 2.45) is 7.05 Å². The van der Waals surface area contributed by atoms with Gasteiger partial charge in [-0.05, 0) is 0 Å². The highest BCUT2D eigenvalue weighted by molar-refractivity contribution is 7.66. The van der Waals surface area contributed by atoms with Crippen molar-refractivity contribution in [3.05, 3.63) is 33.4 Å². The first kappa shape index (κ1) is 40.1. The molecule has 0 radical (unpaired) electrons. The van der Waals surface area contributed by atoms with E-state index in [1.165, 1.54) is 41.3 Å². The fourth-order valence-electron chi connectivity index (χ4n) is 5.95. The predicted octanol–water partition coefficient (Wildman–Crippen LogP) is -3.24. The molecule has 11 N–H and O–H groups in total. The largest absolute Gasteiger partial charge is 0.490 e. The predicted molar refractivity (Wildman–Crippen MR) is 173 cm³/mol. The van der Waals surface area contributed by atoms with Gasteiger partial charge in [0.15, 0.2) is 23.7 Å². The van der Waals surface area contributed by atoms with Gasteiger partial charge in [0.1, 0.15) is 36.6 Å². The molecule has 4 aromatic rings. The van der Waals surface area contributed by atoms with Gasteiger partial charge in [-0.3, -0.25) is 37.7 Å². The molecule has 31 heteroatoms. The van der Waals surface area contributed by atoms with Gasteiger partial charge in [0, 0.05) is 14.2 Å². The van der Waals surface area contributed by atoms with Crippen LogP contribution in [0.15, 0.2) is 22.2 Å². The Hall–Kier alpha value is -3.53. The van der Waals surface area contributed by atoms with Crippen molar-refractivity contribution in [3.63, 3.8) is 0 Å². The summed E-state index contributed by atoms with van der Waals surface area (Å²) in [4.78, 5) is 71.6. The average molecular weight is 831 g/mol. The quantitative estimate of drug-likeness (QED) is 0.0445. The van der Waals surface area contributed by atoms with Crippen LogP contribution in [-0.2, 0) is 57.4 Å². The normalized spacial score (nSPS) is 29.4. The summed E-state index contributed by atoms with van der Waals surface area (Å²) < 4.78 is 81.4. The lowest BCUT2D eigenvalue weighted by atomic mass is 10.1. The molecule has 3 unspecified atom stereocenters. The van der Waals surface area contributed by atoms with Crippen LogP contribution in [0, 0.1) is 0 Å². The van der Waals surface area contributed by atoms with Crippen LogP contribution < -0.4 is 27.2 Å². The van der Waals surface area contributed by atoms with E-state index >= 15 is 0 Å². The summed E-state index contributed by atoms with van der Waals surface area (Å²) in [7, 11) is -13.4. The molecular formula is C23H34N10O18P3+. The SMILES string of the molecule is CO[C@@H]1[C@H](O)[C@@H](COP(=O)(O)OP(=O)(O)OP(=O)(O)OC[C@H]2O[C@@H]([n+]3cn(C)c4c(=O)[nH]c(N)nc43)[C@@H](O)[C@@H]2OC)O[C@H]1n1cnc2c(=O)[nH]c(N)nc21. The van der Waals surface area contributed by atoms with Crippen LogP contribution in [0.1, 0.15) is 12.5 Å². The maximum Gasteiger partial charge on any atom is 0.490 e. The first-order valence-electron chi connectivity index (χ1n) is 15.2. The van der Waals surface area contributed by atoms with Crippen molar-refractivity contribution < 1.29 is 79.8 Å². The van der Waals surface area contributed by atoms with Crippen molar-refractivity contribution in [2.75, 3.05) is 38.9 Å². The molecule has 6 heterocycles. The van der Waals surface area contributed by atoms with Crippen LogP contribution in [0.2, 0.25) is 0 Å². The van der Waals surface area contributed by atoms with Gasteiger partial charge in [-0.25, -0.2) is 23.2 Å². The highest BCUT2D eigenvalue weighted by Gasteiger charge is 2.51. The van der Waals surface area contributed by atoms with Crippen LogP contribution in [0.25, 0.3) is 22.3 Å². The third kappa shape index (κ3) is 7.92. The number of hydrogen-bond donors (Lipinski definition) is 9. The number of phosphoric acid groups is 3. The Morgan fingerprint density at radius 2 is 1.46 bits per heavy atom. The number of nitrogens with one attached hydrogen (secondary N) is 2. The molecule has 2 aliphatic heterocycles. The lowest BCUT2D eigenvalue weighted by Crippen LogP contribution is -2.46. The van der Waals surface area contributed by atoms with Crippen LogP contribution >= 0.6 is 23.5 Å². The number of H-pyrrole nitrogens is 2. The maximum absolute atomic E-state index is 12.7. The molecule has 0 saturated carbocycles. The number of ether oxygens (including phenoxy) is 4. The number of aliphatic hydroxyl groups is 2. The standard InChI is InChI=1S/C23H33N10O18P3/c1-31-7-33(17-11(31)19(37)30-23(25)28-17)20-13(35)14(44-2)9(49-20)5-47-53(40,41)51-54(42,43)50-52(38,39)46-4-8-12(34)15(45-3)21(48-8)32-6-26-10-16(32)27-22(24)29-18(10)36/h6-9,12-15,20-21,34-35H,4-5H2,1-3H3,(H8-,24,25,27,28,29,30,36,37,38,39,40,41,42,43)/p+1/t8-,9-,12-,13+,14-,15-,20-,21-/m1/s1. The Morgan fingerprint density at radius 1 is 0.870 bits per heavy atom. The number of imidazole rings is 2. The van der Waals surface area contributed by atoms with E-state index < -0.39 is 96.9 Å². The van der Waals surface area contributed by atoms with E-state index in [-0.39, 0.29) is 34.2 Å². The second-order valence-electron chi connectivity index (χ2n) is 11.7. The average Bonchev–Trinajstić information content (AvgIpc) is 3.79. The smallest absolute Gasteiger partial charge is 0.387 e. The van der Waals surface area contributed by atoms with Crippen molar-refractivity contribution in [3.8, 4) is 0 Å². The zero-order valence-electron chi connectivity index (χ0n) is 27.9. The minimum atomic E-state index is -5.96. The number of fused-ring (bicyclic) bond motifs is 2. The zero-order valence-corrected chi connectivity index (χ0v) is 30.6. The number of nitrogen functional groups attached to an aromatic ring is 2. The minimum absolute atomic E-state index is 0.00395. The molecule has 0 amide bonds. The molecular weight excluding hydrogens is 797 g/mol. The number of nitrogens with zero attached hydrogens (tertiary/aromatic N) is 6. The van der Waals surface area contributed by atoms with Crippen LogP contribution in [0.4, 0.5) is 11.9 Å². The van der Waals surface area contributed by atoms with Crippen molar-refractivity contribution in [1.29, 1.82) is 0 Å².